The molecule has 0 N–H and O–H groups in total. The fourth-order valence-electron chi connectivity index (χ4n) is 2.78. The zero-order chi connectivity index (χ0) is 13.1. The number of rotatable bonds is 3. The van der Waals surface area contributed by atoms with Gasteiger partial charge in [0.2, 0.25) is 0 Å². The molecule has 0 saturated carbocycles. The van der Waals surface area contributed by atoms with E-state index in [1.807, 2.05) is 17.6 Å². The van der Waals surface area contributed by atoms with E-state index in [-0.39, 0.29) is 5.82 Å². The molecule has 0 spiro atoms. The number of benzene rings is 1. The quantitative estimate of drug-likeness (QED) is 0.842. The molecule has 2 heterocycles. The lowest BCUT2D eigenvalue weighted by molar-refractivity contribution is 0.140. The zero-order valence-electron chi connectivity index (χ0n) is 10.8. The van der Waals surface area contributed by atoms with Crippen molar-refractivity contribution in [2.45, 2.75) is 31.8 Å². The summed E-state index contributed by atoms with van der Waals surface area (Å²) in [6.07, 6.45) is 5.39. The Bertz CT molecular complexity index is 527. The van der Waals surface area contributed by atoms with Crippen LogP contribution in [0.4, 0.5) is 4.39 Å². The summed E-state index contributed by atoms with van der Waals surface area (Å²) >= 11 is 1.69. The molecule has 0 aliphatic carbocycles. The van der Waals surface area contributed by atoms with Gasteiger partial charge in [-0.25, -0.2) is 9.37 Å². The Labute approximate surface area is 116 Å². The maximum atomic E-state index is 13.4. The highest BCUT2D eigenvalue weighted by Crippen LogP contribution is 2.32. The van der Waals surface area contributed by atoms with Gasteiger partial charge in [0.25, 0.3) is 0 Å². The van der Waals surface area contributed by atoms with Crippen LogP contribution in [0.5, 0.6) is 0 Å². The Morgan fingerprint density at radius 2 is 2.32 bits per heavy atom. The maximum absolute atomic E-state index is 13.4. The van der Waals surface area contributed by atoms with Gasteiger partial charge in [-0.15, -0.1) is 11.3 Å². The molecular weight excluding hydrogens is 259 g/mol. The van der Waals surface area contributed by atoms with Gasteiger partial charge in [0, 0.05) is 17.6 Å². The molecule has 1 aliphatic rings. The SMILES string of the molecule is Fc1cccc(C2CCCCN2Cc2nccs2)c1. The van der Waals surface area contributed by atoms with E-state index >= 15 is 0 Å². The van der Waals surface area contributed by atoms with Gasteiger partial charge in [-0.2, -0.15) is 0 Å². The molecule has 0 bridgehead atoms. The molecule has 2 aromatic rings. The minimum Gasteiger partial charge on any atom is -0.290 e. The Morgan fingerprint density at radius 3 is 3.11 bits per heavy atom. The van der Waals surface area contributed by atoms with Crippen LogP contribution in [0.2, 0.25) is 0 Å². The van der Waals surface area contributed by atoms with Crippen LogP contribution < -0.4 is 0 Å². The number of piperidine rings is 1. The second-order valence-corrected chi connectivity index (χ2v) is 5.94. The van der Waals surface area contributed by atoms with Gasteiger partial charge >= 0.3 is 0 Å². The largest absolute Gasteiger partial charge is 0.290 e. The first-order valence-electron chi connectivity index (χ1n) is 6.71. The molecule has 4 heteroatoms. The van der Waals surface area contributed by atoms with Crippen LogP contribution in [0.3, 0.4) is 0 Å². The normalized spacial score (nSPS) is 20.6. The van der Waals surface area contributed by atoms with Gasteiger partial charge in [-0.3, -0.25) is 4.90 Å². The Morgan fingerprint density at radius 1 is 1.37 bits per heavy atom. The summed E-state index contributed by atoms with van der Waals surface area (Å²) in [6.45, 7) is 1.94. The summed E-state index contributed by atoms with van der Waals surface area (Å²) in [6, 6.07) is 7.35. The summed E-state index contributed by atoms with van der Waals surface area (Å²) in [7, 11) is 0. The summed E-state index contributed by atoms with van der Waals surface area (Å²) in [5.41, 5.74) is 1.09. The van der Waals surface area contributed by atoms with Crippen molar-refractivity contribution < 1.29 is 4.39 Å². The molecular formula is C15H17FN2S. The van der Waals surface area contributed by atoms with E-state index < -0.39 is 0 Å². The van der Waals surface area contributed by atoms with E-state index in [1.165, 1.54) is 18.9 Å². The van der Waals surface area contributed by atoms with Crippen molar-refractivity contribution in [1.82, 2.24) is 9.88 Å². The van der Waals surface area contributed by atoms with Crippen molar-refractivity contribution in [3.8, 4) is 0 Å². The average Bonchev–Trinajstić information content (AvgIpc) is 2.92. The molecule has 1 aromatic heterocycles. The third-order valence-corrected chi connectivity index (χ3v) is 4.43. The Kier molecular flexibility index (Phi) is 3.89. The van der Waals surface area contributed by atoms with Crippen molar-refractivity contribution in [3.63, 3.8) is 0 Å². The van der Waals surface area contributed by atoms with E-state index in [2.05, 4.69) is 9.88 Å². The summed E-state index contributed by atoms with van der Waals surface area (Å²) < 4.78 is 13.4. The average molecular weight is 276 g/mol. The molecule has 3 rings (SSSR count). The van der Waals surface area contributed by atoms with Crippen LogP contribution in [0, 0.1) is 5.82 Å². The van der Waals surface area contributed by atoms with Crippen molar-refractivity contribution in [2.24, 2.45) is 0 Å². The molecule has 0 radical (unpaired) electrons. The number of likely N-dealkylation sites (tertiary alicyclic amines) is 1. The third-order valence-electron chi connectivity index (χ3n) is 3.67. The van der Waals surface area contributed by atoms with Crippen molar-refractivity contribution in [1.29, 1.82) is 0 Å². The second kappa shape index (κ2) is 5.80. The van der Waals surface area contributed by atoms with E-state index in [9.17, 15) is 4.39 Å². The smallest absolute Gasteiger partial charge is 0.123 e. The van der Waals surface area contributed by atoms with Gasteiger partial charge in [0.1, 0.15) is 10.8 Å². The fraction of sp³-hybridized carbons (Fsp3) is 0.400. The Hall–Kier alpha value is -1.26. The topological polar surface area (TPSA) is 16.1 Å². The molecule has 1 unspecified atom stereocenters. The molecule has 1 aliphatic heterocycles. The number of hydrogen-bond donors (Lipinski definition) is 0. The number of aromatic nitrogens is 1. The molecule has 1 fully saturated rings. The second-order valence-electron chi connectivity index (χ2n) is 4.96. The summed E-state index contributed by atoms with van der Waals surface area (Å²) in [5, 5.41) is 3.15. The van der Waals surface area contributed by atoms with Crippen LogP contribution in [-0.2, 0) is 6.54 Å². The lowest BCUT2D eigenvalue weighted by Gasteiger charge is -2.35. The van der Waals surface area contributed by atoms with Gasteiger partial charge in [0.15, 0.2) is 0 Å². The van der Waals surface area contributed by atoms with Crippen molar-refractivity contribution in [3.05, 3.63) is 52.2 Å². The van der Waals surface area contributed by atoms with Crippen LogP contribution in [0.15, 0.2) is 35.8 Å². The summed E-state index contributed by atoms with van der Waals surface area (Å²) in [4.78, 5) is 6.79. The van der Waals surface area contributed by atoms with Crippen LogP contribution in [0.1, 0.15) is 35.9 Å². The van der Waals surface area contributed by atoms with Crippen LogP contribution in [-0.4, -0.2) is 16.4 Å². The first-order chi connectivity index (χ1) is 9.33. The van der Waals surface area contributed by atoms with Gasteiger partial charge in [-0.1, -0.05) is 18.6 Å². The van der Waals surface area contributed by atoms with Crippen LogP contribution in [0.25, 0.3) is 0 Å². The van der Waals surface area contributed by atoms with Crippen LogP contribution >= 0.6 is 11.3 Å². The summed E-state index contributed by atoms with van der Waals surface area (Å²) in [5.74, 6) is -0.141. The highest BCUT2D eigenvalue weighted by atomic mass is 32.1. The number of hydrogen-bond acceptors (Lipinski definition) is 3. The molecule has 1 atom stereocenters. The third kappa shape index (κ3) is 3.01. The molecule has 19 heavy (non-hydrogen) atoms. The predicted molar refractivity (Wildman–Crippen MR) is 75.5 cm³/mol. The van der Waals surface area contributed by atoms with Gasteiger partial charge in [-0.05, 0) is 37.1 Å². The fourth-order valence-corrected chi connectivity index (χ4v) is 3.42. The van der Waals surface area contributed by atoms with E-state index in [4.69, 9.17) is 0 Å². The standard InChI is InChI=1S/C15H17FN2S/c16-13-5-3-4-12(10-13)14-6-1-2-8-18(14)11-15-17-7-9-19-15/h3-5,7,9-10,14H,1-2,6,8,11H2. The lowest BCUT2D eigenvalue weighted by Crippen LogP contribution is -2.32. The predicted octanol–water partition coefficient (Wildman–Crippen LogP) is 4.01. The van der Waals surface area contributed by atoms with Gasteiger partial charge < -0.3 is 0 Å². The Balaban J connectivity index is 1.80. The highest BCUT2D eigenvalue weighted by molar-refractivity contribution is 7.09. The number of nitrogens with zero attached hydrogens (tertiary/aromatic N) is 2. The minimum absolute atomic E-state index is 0.141. The molecule has 2 nitrogen and oxygen atoms in total. The first-order valence-corrected chi connectivity index (χ1v) is 7.59. The van der Waals surface area contributed by atoms with E-state index in [0.717, 1.165) is 30.1 Å². The maximum Gasteiger partial charge on any atom is 0.123 e. The number of halogens is 1. The molecule has 1 saturated heterocycles. The highest BCUT2D eigenvalue weighted by Gasteiger charge is 2.24. The van der Waals surface area contributed by atoms with E-state index in [0.29, 0.717) is 6.04 Å². The minimum atomic E-state index is -0.141. The zero-order valence-corrected chi connectivity index (χ0v) is 11.6. The lowest BCUT2D eigenvalue weighted by atomic mass is 9.95. The van der Waals surface area contributed by atoms with Crippen molar-refractivity contribution in [2.75, 3.05) is 6.54 Å². The first kappa shape index (κ1) is 12.8. The number of thiazole rings is 1. The molecule has 100 valence electrons. The van der Waals surface area contributed by atoms with E-state index in [1.54, 1.807) is 23.5 Å². The van der Waals surface area contributed by atoms with Crippen molar-refractivity contribution >= 4 is 11.3 Å². The monoisotopic (exact) mass is 276 g/mol. The molecule has 1 aromatic carbocycles. The molecule has 0 amide bonds. The van der Waals surface area contributed by atoms with Gasteiger partial charge in [0.05, 0.1) is 6.54 Å².